The number of aliphatic hydroxyl groups is 1. The number of rotatable bonds is 8. The first-order chi connectivity index (χ1) is 9.78. The van der Waals surface area contributed by atoms with Gasteiger partial charge in [-0.2, -0.15) is 0 Å². The van der Waals surface area contributed by atoms with Gasteiger partial charge in [0.05, 0.1) is 12.6 Å². The van der Waals surface area contributed by atoms with Crippen LogP contribution in [0.4, 0.5) is 0 Å². The Morgan fingerprint density at radius 1 is 1.19 bits per heavy atom. The highest BCUT2D eigenvalue weighted by Gasteiger charge is 2.22. The van der Waals surface area contributed by atoms with Gasteiger partial charge in [0.2, 0.25) is 11.8 Å². The standard InChI is InChI=1S/C16H30N2O3/c1-12(19)9-16(2,3)11-18-15(21)10-17-14(20)8-13-6-4-5-7-13/h12-13,19H,4-11H2,1-3H3,(H,17,20)(H,18,21). The molecule has 0 spiro atoms. The van der Waals surface area contributed by atoms with E-state index in [1.54, 1.807) is 6.92 Å². The zero-order valence-corrected chi connectivity index (χ0v) is 13.6. The molecule has 1 rings (SSSR count). The average molecular weight is 298 g/mol. The van der Waals surface area contributed by atoms with Crippen molar-refractivity contribution in [1.29, 1.82) is 0 Å². The van der Waals surface area contributed by atoms with Crippen LogP contribution in [0, 0.1) is 11.3 Å². The Morgan fingerprint density at radius 3 is 2.38 bits per heavy atom. The summed E-state index contributed by atoms with van der Waals surface area (Å²) in [6, 6.07) is 0. The highest BCUT2D eigenvalue weighted by molar-refractivity contribution is 5.84. The molecule has 1 saturated carbocycles. The second kappa shape index (κ2) is 8.37. The predicted molar refractivity (Wildman–Crippen MR) is 82.7 cm³/mol. The summed E-state index contributed by atoms with van der Waals surface area (Å²) in [5, 5.41) is 14.9. The highest BCUT2D eigenvalue weighted by atomic mass is 16.3. The summed E-state index contributed by atoms with van der Waals surface area (Å²) in [6.07, 6.45) is 5.48. The van der Waals surface area contributed by atoms with E-state index in [0.717, 1.165) is 12.8 Å². The van der Waals surface area contributed by atoms with E-state index in [0.29, 0.717) is 25.3 Å². The number of aliphatic hydroxyl groups excluding tert-OH is 1. The summed E-state index contributed by atoms with van der Waals surface area (Å²) in [6.45, 7) is 6.27. The van der Waals surface area contributed by atoms with Gasteiger partial charge in [-0.15, -0.1) is 0 Å². The van der Waals surface area contributed by atoms with Gasteiger partial charge < -0.3 is 15.7 Å². The molecular weight excluding hydrogens is 268 g/mol. The Labute approximate surface area is 127 Å². The van der Waals surface area contributed by atoms with E-state index in [4.69, 9.17) is 0 Å². The molecule has 0 aromatic carbocycles. The number of carbonyl (C=O) groups excluding carboxylic acids is 2. The van der Waals surface area contributed by atoms with Crippen molar-refractivity contribution in [2.75, 3.05) is 13.1 Å². The first-order valence-electron chi connectivity index (χ1n) is 8.00. The maximum absolute atomic E-state index is 11.7. The lowest BCUT2D eigenvalue weighted by molar-refractivity contribution is -0.126. The number of hydrogen-bond acceptors (Lipinski definition) is 3. The van der Waals surface area contributed by atoms with Crippen LogP contribution >= 0.6 is 0 Å². The van der Waals surface area contributed by atoms with Crippen molar-refractivity contribution in [2.24, 2.45) is 11.3 Å². The molecule has 0 heterocycles. The van der Waals surface area contributed by atoms with Gasteiger partial charge in [0.1, 0.15) is 0 Å². The Balaban J connectivity index is 2.16. The minimum absolute atomic E-state index is 0.0275. The number of hydrogen-bond donors (Lipinski definition) is 3. The van der Waals surface area contributed by atoms with Crippen LogP contribution in [-0.4, -0.2) is 36.1 Å². The Hall–Kier alpha value is -1.10. The lowest BCUT2D eigenvalue weighted by atomic mass is 9.87. The minimum atomic E-state index is -0.386. The maximum atomic E-state index is 11.7. The van der Waals surface area contributed by atoms with Crippen LogP contribution < -0.4 is 10.6 Å². The van der Waals surface area contributed by atoms with Gasteiger partial charge >= 0.3 is 0 Å². The van der Waals surface area contributed by atoms with E-state index in [-0.39, 0.29) is 29.9 Å². The van der Waals surface area contributed by atoms with Gasteiger partial charge in [-0.1, -0.05) is 26.7 Å². The minimum Gasteiger partial charge on any atom is -0.393 e. The molecule has 2 amide bonds. The third kappa shape index (κ3) is 8.05. The normalized spacial score (nSPS) is 17.5. The van der Waals surface area contributed by atoms with Gasteiger partial charge in [-0.25, -0.2) is 0 Å². The smallest absolute Gasteiger partial charge is 0.239 e. The molecule has 1 fully saturated rings. The molecular formula is C16H30N2O3. The molecule has 3 N–H and O–H groups in total. The van der Waals surface area contributed by atoms with Crippen LogP contribution in [0.5, 0.6) is 0 Å². The van der Waals surface area contributed by atoms with Crippen molar-refractivity contribution < 1.29 is 14.7 Å². The lowest BCUT2D eigenvalue weighted by Gasteiger charge is -2.26. The van der Waals surface area contributed by atoms with Crippen molar-refractivity contribution in [2.45, 2.75) is 65.4 Å². The largest absolute Gasteiger partial charge is 0.393 e. The van der Waals surface area contributed by atoms with E-state index in [2.05, 4.69) is 10.6 Å². The first kappa shape index (κ1) is 18.0. The summed E-state index contributed by atoms with van der Waals surface area (Å²) < 4.78 is 0. The van der Waals surface area contributed by atoms with Gasteiger partial charge in [-0.3, -0.25) is 9.59 Å². The predicted octanol–water partition coefficient (Wildman–Crippen LogP) is 1.60. The molecule has 0 bridgehead atoms. The summed E-state index contributed by atoms with van der Waals surface area (Å²) in [5.74, 6) is 0.298. The molecule has 1 aliphatic carbocycles. The van der Waals surface area contributed by atoms with Gasteiger partial charge in [0.25, 0.3) is 0 Å². The second-order valence-electron chi connectivity index (χ2n) is 7.13. The molecule has 0 radical (unpaired) electrons. The molecule has 0 aliphatic heterocycles. The third-order valence-electron chi connectivity index (χ3n) is 4.01. The van der Waals surface area contributed by atoms with E-state index in [9.17, 15) is 14.7 Å². The second-order valence-corrected chi connectivity index (χ2v) is 7.13. The number of nitrogens with one attached hydrogen (secondary N) is 2. The summed E-state index contributed by atoms with van der Waals surface area (Å²) in [5.41, 5.74) is -0.155. The fourth-order valence-electron chi connectivity index (χ4n) is 3.00. The van der Waals surface area contributed by atoms with Crippen molar-refractivity contribution in [3.05, 3.63) is 0 Å². The molecule has 21 heavy (non-hydrogen) atoms. The molecule has 5 heteroatoms. The Bertz CT molecular complexity index is 347. The van der Waals surface area contributed by atoms with Crippen LogP contribution in [0.15, 0.2) is 0 Å². The zero-order chi connectivity index (χ0) is 15.9. The van der Waals surface area contributed by atoms with Crippen LogP contribution in [0.3, 0.4) is 0 Å². The quantitative estimate of drug-likeness (QED) is 0.637. The van der Waals surface area contributed by atoms with Crippen LogP contribution in [0.2, 0.25) is 0 Å². The van der Waals surface area contributed by atoms with E-state index in [1.807, 2.05) is 13.8 Å². The molecule has 5 nitrogen and oxygen atoms in total. The highest BCUT2D eigenvalue weighted by Crippen LogP contribution is 2.27. The van der Waals surface area contributed by atoms with Gasteiger partial charge in [0.15, 0.2) is 0 Å². The maximum Gasteiger partial charge on any atom is 0.239 e. The monoisotopic (exact) mass is 298 g/mol. The van der Waals surface area contributed by atoms with Crippen molar-refractivity contribution in [3.8, 4) is 0 Å². The van der Waals surface area contributed by atoms with Crippen LogP contribution in [0.1, 0.15) is 59.3 Å². The molecule has 0 aromatic rings. The fraction of sp³-hybridized carbons (Fsp3) is 0.875. The number of carbonyl (C=O) groups is 2. The molecule has 1 unspecified atom stereocenters. The molecule has 1 atom stereocenters. The van der Waals surface area contributed by atoms with Gasteiger partial charge in [-0.05, 0) is 37.5 Å². The van der Waals surface area contributed by atoms with E-state index >= 15 is 0 Å². The lowest BCUT2D eigenvalue weighted by Crippen LogP contribution is -2.41. The SMILES string of the molecule is CC(O)CC(C)(C)CNC(=O)CNC(=O)CC1CCCC1. The third-order valence-corrected chi connectivity index (χ3v) is 4.01. The summed E-state index contributed by atoms with van der Waals surface area (Å²) in [7, 11) is 0. The van der Waals surface area contributed by atoms with Crippen molar-refractivity contribution >= 4 is 11.8 Å². The Kier molecular flexibility index (Phi) is 7.15. The van der Waals surface area contributed by atoms with Crippen molar-refractivity contribution in [1.82, 2.24) is 10.6 Å². The Morgan fingerprint density at radius 2 is 1.81 bits per heavy atom. The average Bonchev–Trinajstić information content (AvgIpc) is 2.85. The molecule has 0 saturated heterocycles. The fourth-order valence-corrected chi connectivity index (χ4v) is 3.00. The van der Waals surface area contributed by atoms with E-state index < -0.39 is 0 Å². The van der Waals surface area contributed by atoms with Gasteiger partial charge in [0, 0.05) is 13.0 Å². The topological polar surface area (TPSA) is 78.4 Å². The molecule has 122 valence electrons. The van der Waals surface area contributed by atoms with Crippen molar-refractivity contribution in [3.63, 3.8) is 0 Å². The van der Waals surface area contributed by atoms with E-state index in [1.165, 1.54) is 12.8 Å². The van der Waals surface area contributed by atoms with Crippen LogP contribution in [0.25, 0.3) is 0 Å². The number of amides is 2. The zero-order valence-electron chi connectivity index (χ0n) is 13.6. The molecule has 0 aromatic heterocycles. The molecule has 1 aliphatic rings. The van der Waals surface area contributed by atoms with Crippen LogP contribution in [-0.2, 0) is 9.59 Å². The summed E-state index contributed by atoms with van der Waals surface area (Å²) in [4.78, 5) is 23.5. The summed E-state index contributed by atoms with van der Waals surface area (Å²) >= 11 is 0. The first-order valence-corrected chi connectivity index (χ1v) is 8.00.